The van der Waals surface area contributed by atoms with Gasteiger partial charge in [0, 0.05) is 29.2 Å². The molecule has 0 saturated carbocycles. The molecule has 0 atom stereocenters. The summed E-state index contributed by atoms with van der Waals surface area (Å²) >= 11 is 6.04. The number of pyridine rings is 1. The smallest absolute Gasteiger partial charge is 0.146 e. The average molecular weight is 249 g/mol. The molecule has 0 aliphatic rings. The second-order valence-corrected chi connectivity index (χ2v) is 4.28. The van der Waals surface area contributed by atoms with Crippen LogP contribution in [0.4, 0.5) is 5.69 Å². The number of nitrogens with two attached hydrogens (primary N) is 1. The Morgan fingerprint density at radius 1 is 1.12 bits per heavy atom. The van der Waals surface area contributed by atoms with E-state index in [4.69, 9.17) is 22.1 Å². The maximum absolute atomic E-state index is 6.04. The molecule has 0 spiro atoms. The zero-order valence-corrected chi connectivity index (χ0v) is 10.5. The van der Waals surface area contributed by atoms with E-state index in [0.717, 1.165) is 17.1 Å². The van der Waals surface area contributed by atoms with E-state index in [9.17, 15) is 0 Å². The summed E-state index contributed by atoms with van der Waals surface area (Å²) in [7, 11) is 0. The van der Waals surface area contributed by atoms with Crippen LogP contribution in [0.1, 0.15) is 11.4 Å². The van der Waals surface area contributed by atoms with Gasteiger partial charge in [-0.25, -0.2) is 0 Å². The molecule has 0 aliphatic heterocycles. The molecule has 2 N–H and O–H groups in total. The van der Waals surface area contributed by atoms with Gasteiger partial charge < -0.3 is 10.5 Å². The number of hydrogen-bond donors (Lipinski definition) is 1. The standard InChI is InChI=1S/C13H13ClN2O/c1-8-5-11(6-9(2)16-8)17-13-4-3-10(15)7-12(13)14/h3-7H,15H2,1-2H3. The van der Waals surface area contributed by atoms with E-state index in [-0.39, 0.29) is 0 Å². The first-order valence-electron chi connectivity index (χ1n) is 5.23. The number of anilines is 1. The van der Waals surface area contributed by atoms with Gasteiger partial charge in [-0.15, -0.1) is 0 Å². The highest BCUT2D eigenvalue weighted by Gasteiger charge is 2.04. The van der Waals surface area contributed by atoms with Gasteiger partial charge in [0.25, 0.3) is 0 Å². The number of benzene rings is 1. The normalized spacial score (nSPS) is 10.3. The van der Waals surface area contributed by atoms with Crippen molar-refractivity contribution in [3.8, 4) is 11.5 Å². The molecule has 2 rings (SSSR count). The lowest BCUT2D eigenvalue weighted by Gasteiger charge is -2.09. The van der Waals surface area contributed by atoms with Crippen LogP contribution >= 0.6 is 11.6 Å². The molecule has 0 radical (unpaired) electrons. The predicted octanol–water partition coefficient (Wildman–Crippen LogP) is 3.73. The number of nitrogen functional groups attached to an aromatic ring is 1. The van der Waals surface area contributed by atoms with E-state index in [1.807, 2.05) is 26.0 Å². The lowest BCUT2D eigenvalue weighted by molar-refractivity contribution is 0.481. The average Bonchev–Trinajstić information content (AvgIpc) is 2.21. The predicted molar refractivity (Wildman–Crippen MR) is 69.6 cm³/mol. The quantitative estimate of drug-likeness (QED) is 0.824. The number of rotatable bonds is 2. The van der Waals surface area contributed by atoms with Crippen molar-refractivity contribution in [2.45, 2.75) is 13.8 Å². The fraction of sp³-hybridized carbons (Fsp3) is 0.154. The molecule has 0 aliphatic carbocycles. The fourth-order valence-electron chi connectivity index (χ4n) is 1.58. The molecule has 1 aromatic heterocycles. The summed E-state index contributed by atoms with van der Waals surface area (Å²) in [4.78, 5) is 4.28. The summed E-state index contributed by atoms with van der Waals surface area (Å²) in [6.07, 6.45) is 0. The molecule has 1 heterocycles. The van der Waals surface area contributed by atoms with Crippen molar-refractivity contribution >= 4 is 17.3 Å². The minimum absolute atomic E-state index is 0.497. The Labute approximate surface area is 105 Å². The maximum Gasteiger partial charge on any atom is 0.146 e. The van der Waals surface area contributed by atoms with Gasteiger partial charge in [0.2, 0.25) is 0 Å². The minimum Gasteiger partial charge on any atom is -0.456 e. The topological polar surface area (TPSA) is 48.1 Å². The molecule has 17 heavy (non-hydrogen) atoms. The third kappa shape index (κ3) is 2.88. The number of hydrogen-bond acceptors (Lipinski definition) is 3. The zero-order valence-electron chi connectivity index (χ0n) is 9.70. The van der Waals surface area contributed by atoms with Crippen molar-refractivity contribution in [2.75, 3.05) is 5.73 Å². The van der Waals surface area contributed by atoms with Gasteiger partial charge in [-0.3, -0.25) is 4.98 Å². The van der Waals surface area contributed by atoms with E-state index >= 15 is 0 Å². The van der Waals surface area contributed by atoms with Gasteiger partial charge in [-0.05, 0) is 32.0 Å². The monoisotopic (exact) mass is 248 g/mol. The largest absolute Gasteiger partial charge is 0.456 e. The molecule has 0 bridgehead atoms. The third-order valence-corrected chi connectivity index (χ3v) is 2.53. The van der Waals surface area contributed by atoms with Crippen LogP contribution in [0.2, 0.25) is 5.02 Å². The number of ether oxygens (including phenoxy) is 1. The third-order valence-electron chi connectivity index (χ3n) is 2.24. The van der Waals surface area contributed by atoms with Crippen LogP contribution in [0.25, 0.3) is 0 Å². The van der Waals surface area contributed by atoms with E-state index in [0.29, 0.717) is 16.5 Å². The van der Waals surface area contributed by atoms with Gasteiger partial charge in [0.1, 0.15) is 11.5 Å². The molecule has 3 nitrogen and oxygen atoms in total. The number of halogens is 1. The molecule has 0 amide bonds. The second-order valence-electron chi connectivity index (χ2n) is 3.88. The van der Waals surface area contributed by atoms with Gasteiger partial charge in [-0.1, -0.05) is 11.6 Å². The van der Waals surface area contributed by atoms with Crippen LogP contribution in [0.3, 0.4) is 0 Å². The highest BCUT2D eigenvalue weighted by atomic mass is 35.5. The Bertz CT molecular complexity index is 535. The van der Waals surface area contributed by atoms with Crippen molar-refractivity contribution in [1.29, 1.82) is 0 Å². The lowest BCUT2D eigenvalue weighted by Crippen LogP contribution is -1.91. The summed E-state index contributed by atoms with van der Waals surface area (Å²) in [6.45, 7) is 3.84. The Morgan fingerprint density at radius 2 is 1.76 bits per heavy atom. The van der Waals surface area contributed by atoms with Crippen LogP contribution in [0, 0.1) is 13.8 Å². The number of aryl methyl sites for hydroxylation is 2. The van der Waals surface area contributed by atoms with Crippen LogP contribution in [-0.4, -0.2) is 4.98 Å². The highest BCUT2D eigenvalue weighted by molar-refractivity contribution is 6.32. The van der Waals surface area contributed by atoms with E-state index in [2.05, 4.69) is 4.98 Å². The van der Waals surface area contributed by atoms with Gasteiger partial charge in [0.05, 0.1) is 5.02 Å². The van der Waals surface area contributed by atoms with Crippen LogP contribution in [0.15, 0.2) is 30.3 Å². The Hall–Kier alpha value is -1.74. The summed E-state index contributed by atoms with van der Waals surface area (Å²) in [5, 5.41) is 0.497. The molecule has 0 fully saturated rings. The molecular formula is C13H13ClN2O. The van der Waals surface area contributed by atoms with Gasteiger partial charge >= 0.3 is 0 Å². The van der Waals surface area contributed by atoms with Crippen molar-refractivity contribution in [3.05, 3.63) is 46.7 Å². The molecule has 88 valence electrons. The van der Waals surface area contributed by atoms with E-state index < -0.39 is 0 Å². The Kier molecular flexibility index (Phi) is 3.20. The van der Waals surface area contributed by atoms with Crippen molar-refractivity contribution in [3.63, 3.8) is 0 Å². The summed E-state index contributed by atoms with van der Waals surface area (Å²) in [5.74, 6) is 1.31. The van der Waals surface area contributed by atoms with Gasteiger partial charge in [0.15, 0.2) is 0 Å². The van der Waals surface area contributed by atoms with Crippen LogP contribution in [0.5, 0.6) is 11.5 Å². The molecule has 2 aromatic rings. The minimum atomic E-state index is 0.497. The zero-order chi connectivity index (χ0) is 12.4. The number of nitrogens with zero attached hydrogens (tertiary/aromatic N) is 1. The van der Waals surface area contributed by atoms with Crippen molar-refractivity contribution in [2.24, 2.45) is 0 Å². The van der Waals surface area contributed by atoms with Crippen molar-refractivity contribution < 1.29 is 4.74 Å². The SMILES string of the molecule is Cc1cc(Oc2ccc(N)cc2Cl)cc(C)n1. The second kappa shape index (κ2) is 4.63. The Balaban J connectivity index is 2.31. The summed E-state index contributed by atoms with van der Waals surface area (Å²) in [6, 6.07) is 8.89. The Morgan fingerprint density at radius 3 is 2.35 bits per heavy atom. The van der Waals surface area contributed by atoms with E-state index in [1.54, 1.807) is 18.2 Å². The van der Waals surface area contributed by atoms with Crippen LogP contribution < -0.4 is 10.5 Å². The molecule has 4 heteroatoms. The van der Waals surface area contributed by atoms with E-state index in [1.165, 1.54) is 0 Å². The molecule has 0 saturated heterocycles. The van der Waals surface area contributed by atoms with Crippen LogP contribution in [-0.2, 0) is 0 Å². The highest BCUT2D eigenvalue weighted by Crippen LogP contribution is 2.31. The maximum atomic E-state index is 6.04. The molecular weight excluding hydrogens is 236 g/mol. The first kappa shape index (κ1) is 11.7. The summed E-state index contributed by atoms with van der Waals surface area (Å²) in [5.41, 5.74) is 8.05. The molecule has 0 unspecified atom stereocenters. The lowest BCUT2D eigenvalue weighted by atomic mass is 10.3. The van der Waals surface area contributed by atoms with Crippen molar-refractivity contribution in [1.82, 2.24) is 4.98 Å². The summed E-state index contributed by atoms with van der Waals surface area (Å²) < 4.78 is 5.70. The van der Waals surface area contributed by atoms with Gasteiger partial charge in [-0.2, -0.15) is 0 Å². The fourth-order valence-corrected chi connectivity index (χ4v) is 1.81. The molecule has 1 aromatic carbocycles. The first-order valence-corrected chi connectivity index (χ1v) is 5.60. The first-order chi connectivity index (χ1) is 8.04. The number of aromatic nitrogens is 1.